The number of hydrogen-bond donors (Lipinski definition) is 1. The number of benzene rings is 1. The van der Waals surface area contributed by atoms with Crippen LogP contribution in [0.4, 0.5) is 14.5 Å². The van der Waals surface area contributed by atoms with Gasteiger partial charge in [0.1, 0.15) is 16.5 Å². The van der Waals surface area contributed by atoms with Gasteiger partial charge in [0.2, 0.25) is 0 Å². The van der Waals surface area contributed by atoms with Crippen molar-refractivity contribution in [1.82, 2.24) is 4.98 Å². The highest BCUT2D eigenvalue weighted by atomic mass is 79.9. The summed E-state index contributed by atoms with van der Waals surface area (Å²) in [6.45, 7) is 1.74. The Kier molecular flexibility index (Phi) is 4.05. The summed E-state index contributed by atoms with van der Waals surface area (Å²) in [5, 5.41) is 0. The van der Waals surface area contributed by atoms with E-state index in [1.54, 1.807) is 13.0 Å². The number of rotatable bonds is 3. The fourth-order valence-electron chi connectivity index (χ4n) is 1.52. The average molecular weight is 363 g/mol. The smallest absolute Gasteiger partial charge is 0.266 e. The van der Waals surface area contributed by atoms with Gasteiger partial charge in [-0.3, -0.25) is 9.71 Å². The molecule has 1 aromatic carbocycles. The lowest BCUT2D eigenvalue weighted by atomic mass is 10.3. The highest BCUT2D eigenvalue weighted by Gasteiger charge is 2.23. The number of nitrogens with zero attached hydrogens (tertiary/aromatic N) is 1. The topological polar surface area (TPSA) is 59.1 Å². The van der Waals surface area contributed by atoms with Crippen molar-refractivity contribution in [3.63, 3.8) is 0 Å². The Morgan fingerprint density at radius 3 is 2.50 bits per heavy atom. The van der Waals surface area contributed by atoms with Crippen molar-refractivity contribution in [1.29, 1.82) is 0 Å². The molecular weight excluding hydrogens is 354 g/mol. The third-order valence-corrected chi connectivity index (χ3v) is 4.74. The van der Waals surface area contributed by atoms with Crippen molar-refractivity contribution in [2.24, 2.45) is 0 Å². The van der Waals surface area contributed by atoms with Crippen LogP contribution in [0.5, 0.6) is 0 Å². The summed E-state index contributed by atoms with van der Waals surface area (Å²) < 4.78 is 52.8. The second kappa shape index (κ2) is 5.45. The highest BCUT2D eigenvalue weighted by molar-refractivity contribution is 9.10. The molecule has 1 N–H and O–H groups in total. The summed E-state index contributed by atoms with van der Waals surface area (Å²) in [7, 11) is -4.18. The summed E-state index contributed by atoms with van der Waals surface area (Å²) >= 11 is 2.84. The van der Waals surface area contributed by atoms with Crippen molar-refractivity contribution >= 4 is 31.6 Å². The van der Waals surface area contributed by atoms with Crippen LogP contribution in [0, 0.1) is 18.6 Å². The molecule has 2 rings (SSSR count). The van der Waals surface area contributed by atoms with E-state index in [-0.39, 0.29) is 10.2 Å². The van der Waals surface area contributed by atoms with Gasteiger partial charge >= 0.3 is 0 Å². The molecule has 106 valence electrons. The molecule has 0 fully saturated rings. The zero-order valence-corrected chi connectivity index (χ0v) is 12.6. The quantitative estimate of drug-likeness (QED) is 0.911. The van der Waals surface area contributed by atoms with Gasteiger partial charge in [-0.2, -0.15) is 0 Å². The maximum Gasteiger partial charge on any atom is 0.266 e. The van der Waals surface area contributed by atoms with Crippen LogP contribution in [0.2, 0.25) is 0 Å². The van der Waals surface area contributed by atoms with Crippen molar-refractivity contribution in [3.05, 3.63) is 52.3 Å². The summed E-state index contributed by atoms with van der Waals surface area (Å²) in [5.41, 5.74) is 0.897. The summed E-state index contributed by atoms with van der Waals surface area (Å²) in [6, 6.07) is 4.49. The Balaban J connectivity index is 2.43. The first-order valence-electron chi connectivity index (χ1n) is 5.39. The van der Waals surface area contributed by atoms with E-state index in [0.29, 0.717) is 11.8 Å². The SMILES string of the molecule is Cc1ccc(NS(=O)(=O)c2c(F)cc(F)cc2Br)cn1. The van der Waals surface area contributed by atoms with Gasteiger partial charge in [-0.05, 0) is 41.1 Å². The second-order valence-electron chi connectivity index (χ2n) is 3.99. The van der Waals surface area contributed by atoms with Crippen LogP contribution in [0.25, 0.3) is 0 Å². The number of sulfonamides is 1. The number of pyridine rings is 1. The molecule has 0 unspecified atom stereocenters. The third kappa shape index (κ3) is 3.13. The summed E-state index contributed by atoms with van der Waals surface area (Å²) in [6.07, 6.45) is 1.31. The second-order valence-corrected chi connectivity index (χ2v) is 6.47. The molecule has 20 heavy (non-hydrogen) atoms. The van der Waals surface area contributed by atoms with Gasteiger partial charge in [-0.15, -0.1) is 0 Å². The van der Waals surface area contributed by atoms with Gasteiger partial charge in [0.05, 0.1) is 11.9 Å². The van der Waals surface area contributed by atoms with Crippen molar-refractivity contribution in [2.45, 2.75) is 11.8 Å². The van der Waals surface area contributed by atoms with Crippen molar-refractivity contribution in [2.75, 3.05) is 4.72 Å². The van der Waals surface area contributed by atoms with Gasteiger partial charge in [0.15, 0.2) is 0 Å². The van der Waals surface area contributed by atoms with Crippen LogP contribution >= 0.6 is 15.9 Å². The Hall–Kier alpha value is -1.54. The molecule has 0 aliphatic heterocycles. The number of aromatic nitrogens is 1. The maximum absolute atomic E-state index is 13.7. The zero-order valence-electron chi connectivity index (χ0n) is 10.2. The first kappa shape index (κ1) is 14.9. The molecule has 2 aromatic rings. The molecule has 0 aliphatic carbocycles. The maximum atomic E-state index is 13.7. The van der Waals surface area contributed by atoms with E-state index >= 15 is 0 Å². The van der Waals surface area contributed by atoms with Gasteiger partial charge in [0, 0.05) is 16.2 Å². The molecule has 0 radical (unpaired) electrons. The predicted octanol–water partition coefficient (Wildman–Crippen LogP) is 3.23. The van der Waals surface area contributed by atoms with Crippen molar-refractivity contribution < 1.29 is 17.2 Å². The van der Waals surface area contributed by atoms with Crippen LogP contribution in [0.3, 0.4) is 0 Å². The molecule has 0 amide bonds. The number of aryl methyl sites for hydroxylation is 1. The molecular formula is C12H9BrF2N2O2S. The lowest BCUT2D eigenvalue weighted by Crippen LogP contribution is -2.15. The van der Waals surface area contributed by atoms with Gasteiger partial charge in [-0.25, -0.2) is 17.2 Å². The average Bonchev–Trinajstić information content (AvgIpc) is 2.30. The highest BCUT2D eigenvalue weighted by Crippen LogP contribution is 2.27. The van der Waals surface area contributed by atoms with Crippen LogP contribution in [0.15, 0.2) is 39.8 Å². The van der Waals surface area contributed by atoms with E-state index in [0.717, 1.165) is 6.07 Å². The molecule has 0 aliphatic rings. The monoisotopic (exact) mass is 362 g/mol. The summed E-state index contributed by atoms with van der Waals surface area (Å²) in [4.78, 5) is 3.27. The lowest BCUT2D eigenvalue weighted by Gasteiger charge is -2.10. The van der Waals surface area contributed by atoms with Crippen molar-refractivity contribution in [3.8, 4) is 0 Å². The lowest BCUT2D eigenvalue weighted by molar-refractivity contribution is 0.548. The van der Waals surface area contributed by atoms with Crippen LogP contribution < -0.4 is 4.72 Å². The van der Waals surface area contributed by atoms with E-state index < -0.39 is 26.6 Å². The fourth-order valence-corrected chi connectivity index (χ4v) is 3.73. The standard InChI is InChI=1S/C12H9BrF2N2O2S/c1-7-2-3-9(6-16-7)17-20(18,19)12-10(13)4-8(14)5-11(12)15/h2-6,17H,1H3. The molecule has 0 atom stereocenters. The largest absolute Gasteiger partial charge is 0.278 e. The van der Waals surface area contributed by atoms with E-state index in [2.05, 4.69) is 25.6 Å². The Bertz CT molecular complexity index is 726. The first-order chi connectivity index (χ1) is 9.29. The number of hydrogen-bond acceptors (Lipinski definition) is 3. The van der Waals surface area contributed by atoms with Crippen LogP contribution in [-0.4, -0.2) is 13.4 Å². The molecule has 4 nitrogen and oxygen atoms in total. The van der Waals surface area contributed by atoms with E-state index in [1.807, 2.05) is 0 Å². The molecule has 0 saturated carbocycles. The molecule has 0 saturated heterocycles. The number of nitrogens with one attached hydrogen (secondary N) is 1. The van der Waals surface area contributed by atoms with Crippen LogP contribution in [-0.2, 0) is 10.0 Å². The van der Waals surface area contributed by atoms with E-state index in [4.69, 9.17) is 0 Å². The van der Waals surface area contributed by atoms with Crippen LogP contribution in [0.1, 0.15) is 5.69 Å². The third-order valence-electron chi connectivity index (χ3n) is 2.40. The Morgan fingerprint density at radius 2 is 1.95 bits per heavy atom. The molecule has 0 bridgehead atoms. The Morgan fingerprint density at radius 1 is 1.25 bits per heavy atom. The van der Waals surface area contributed by atoms with Gasteiger partial charge in [0.25, 0.3) is 10.0 Å². The fraction of sp³-hybridized carbons (Fsp3) is 0.0833. The number of halogens is 3. The minimum absolute atomic E-state index is 0.186. The Labute approximate surface area is 123 Å². The molecule has 8 heteroatoms. The number of anilines is 1. The minimum Gasteiger partial charge on any atom is -0.278 e. The molecule has 1 heterocycles. The minimum atomic E-state index is -4.18. The van der Waals surface area contributed by atoms with Gasteiger partial charge < -0.3 is 0 Å². The van der Waals surface area contributed by atoms with E-state index in [9.17, 15) is 17.2 Å². The summed E-state index contributed by atoms with van der Waals surface area (Å²) in [5.74, 6) is -2.05. The predicted molar refractivity (Wildman–Crippen MR) is 73.8 cm³/mol. The molecule has 1 aromatic heterocycles. The zero-order chi connectivity index (χ0) is 14.9. The normalized spacial score (nSPS) is 11.4. The van der Waals surface area contributed by atoms with E-state index in [1.165, 1.54) is 12.3 Å². The van der Waals surface area contributed by atoms with Gasteiger partial charge in [-0.1, -0.05) is 0 Å². The first-order valence-corrected chi connectivity index (χ1v) is 7.67. The molecule has 0 spiro atoms.